The smallest absolute Gasteiger partial charge is 0.208 e. The molecule has 0 saturated carbocycles. The van der Waals surface area contributed by atoms with Gasteiger partial charge in [-0.25, -0.2) is 13.1 Å². The zero-order chi connectivity index (χ0) is 9.90. The molecule has 0 radical (unpaired) electrons. The predicted octanol–water partition coefficient (Wildman–Crippen LogP) is -0.219. The molecule has 1 fully saturated rings. The van der Waals surface area contributed by atoms with E-state index in [4.69, 9.17) is 0 Å². The van der Waals surface area contributed by atoms with Crippen molar-refractivity contribution in [2.24, 2.45) is 11.8 Å². The molecular formula is C8H18N2O2S. The van der Waals surface area contributed by atoms with Crippen LogP contribution in [0.2, 0.25) is 0 Å². The normalized spacial score (nSPS) is 30.3. The Bertz CT molecular complexity index is 251. The summed E-state index contributed by atoms with van der Waals surface area (Å²) in [7, 11) is -3.02. The van der Waals surface area contributed by atoms with E-state index in [2.05, 4.69) is 17.0 Å². The van der Waals surface area contributed by atoms with Crippen molar-refractivity contribution in [3.05, 3.63) is 0 Å². The lowest BCUT2D eigenvalue weighted by Gasteiger charge is -2.27. The van der Waals surface area contributed by atoms with Gasteiger partial charge in [-0.1, -0.05) is 6.92 Å². The van der Waals surface area contributed by atoms with Crippen LogP contribution in [0, 0.1) is 11.8 Å². The van der Waals surface area contributed by atoms with Crippen molar-refractivity contribution in [2.45, 2.75) is 13.3 Å². The van der Waals surface area contributed by atoms with Crippen LogP contribution in [0.15, 0.2) is 0 Å². The van der Waals surface area contributed by atoms with Crippen LogP contribution in [0.25, 0.3) is 0 Å². The van der Waals surface area contributed by atoms with Crippen molar-refractivity contribution in [2.75, 3.05) is 25.9 Å². The van der Waals surface area contributed by atoms with Gasteiger partial charge in [-0.15, -0.1) is 0 Å². The van der Waals surface area contributed by atoms with Crippen molar-refractivity contribution < 1.29 is 8.42 Å². The number of rotatable bonds is 3. The van der Waals surface area contributed by atoms with E-state index in [9.17, 15) is 8.42 Å². The molecule has 0 aliphatic carbocycles. The molecule has 4 nitrogen and oxygen atoms in total. The molecule has 1 aliphatic heterocycles. The fourth-order valence-electron chi connectivity index (χ4n) is 1.69. The fourth-order valence-corrected chi connectivity index (χ4v) is 2.23. The Morgan fingerprint density at radius 3 is 2.69 bits per heavy atom. The summed E-state index contributed by atoms with van der Waals surface area (Å²) in [5, 5.41) is 3.29. The molecular weight excluding hydrogens is 188 g/mol. The Kier molecular flexibility index (Phi) is 3.70. The second-order valence-electron chi connectivity index (χ2n) is 3.99. The Labute approximate surface area is 80.1 Å². The first-order valence-corrected chi connectivity index (χ1v) is 6.52. The summed E-state index contributed by atoms with van der Waals surface area (Å²) in [5.74, 6) is 1.10. The highest BCUT2D eigenvalue weighted by Crippen LogP contribution is 2.14. The molecule has 13 heavy (non-hydrogen) atoms. The van der Waals surface area contributed by atoms with Gasteiger partial charge in [0.1, 0.15) is 0 Å². The first kappa shape index (κ1) is 10.9. The standard InChI is InChI=1S/C8H18N2O2S/c1-7-3-8(5-9-4-7)6-10-13(2,11)12/h7-10H,3-6H2,1-2H3. The lowest BCUT2D eigenvalue weighted by Crippen LogP contribution is -2.40. The molecule has 2 N–H and O–H groups in total. The van der Waals surface area contributed by atoms with Crippen molar-refractivity contribution in [3.8, 4) is 0 Å². The van der Waals surface area contributed by atoms with Gasteiger partial charge >= 0.3 is 0 Å². The lowest BCUT2D eigenvalue weighted by molar-refractivity contribution is 0.303. The predicted molar refractivity (Wildman–Crippen MR) is 53.0 cm³/mol. The Hall–Kier alpha value is -0.130. The zero-order valence-corrected chi connectivity index (χ0v) is 9.02. The molecule has 2 atom stereocenters. The molecule has 5 heteroatoms. The van der Waals surface area contributed by atoms with Crippen LogP contribution in [0.1, 0.15) is 13.3 Å². The van der Waals surface area contributed by atoms with Gasteiger partial charge < -0.3 is 5.32 Å². The van der Waals surface area contributed by atoms with E-state index in [0.717, 1.165) is 19.5 Å². The minimum Gasteiger partial charge on any atom is -0.316 e. The highest BCUT2D eigenvalue weighted by molar-refractivity contribution is 7.88. The van der Waals surface area contributed by atoms with Crippen LogP contribution in [0.4, 0.5) is 0 Å². The number of nitrogens with one attached hydrogen (secondary N) is 2. The van der Waals surface area contributed by atoms with Gasteiger partial charge in [0, 0.05) is 6.54 Å². The van der Waals surface area contributed by atoms with Crippen LogP contribution >= 0.6 is 0 Å². The summed E-state index contributed by atoms with van der Waals surface area (Å²) in [6.07, 6.45) is 2.31. The molecule has 0 aromatic heterocycles. The van der Waals surface area contributed by atoms with Crippen LogP contribution in [0.3, 0.4) is 0 Å². The number of piperidine rings is 1. The minimum atomic E-state index is -3.02. The summed E-state index contributed by atoms with van der Waals surface area (Å²) in [6, 6.07) is 0. The van der Waals surface area contributed by atoms with E-state index in [1.165, 1.54) is 6.26 Å². The number of hydrogen-bond donors (Lipinski definition) is 2. The number of hydrogen-bond acceptors (Lipinski definition) is 3. The molecule has 0 bridgehead atoms. The molecule has 78 valence electrons. The minimum absolute atomic E-state index is 0.443. The lowest BCUT2D eigenvalue weighted by atomic mass is 9.92. The van der Waals surface area contributed by atoms with Gasteiger partial charge in [0.25, 0.3) is 0 Å². The first-order chi connectivity index (χ1) is 5.97. The molecule has 1 saturated heterocycles. The summed E-state index contributed by atoms with van der Waals surface area (Å²) in [5.41, 5.74) is 0. The average Bonchev–Trinajstić information content (AvgIpc) is 2.00. The third-order valence-corrected chi connectivity index (χ3v) is 2.99. The molecule has 1 heterocycles. The van der Waals surface area contributed by atoms with Crippen molar-refractivity contribution in [1.29, 1.82) is 0 Å². The Balaban J connectivity index is 2.29. The highest BCUT2D eigenvalue weighted by atomic mass is 32.2. The summed E-state index contributed by atoms with van der Waals surface area (Å²) >= 11 is 0. The van der Waals surface area contributed by atoms with E-state index in [-0.39, 0.29) is 0 Å². The Morgan fingerprint density at radius 1 is 1.46 bits per heavy atom. The summed E-state index contributed by atoms with van der Waals surface area (Å²) in [6.45, 7) is 4.72. The summed E-state index contributed by atoms with van der Waals surface area (Å²) in [4.78, 5) is 0. The van der Waals surface area contributed by atoms with Crippen LogP contribution < -0.4 is 10.0 Å². The van der Waals surface area contributed by atoms with Crippen molar-refractivity contribution >= 4 is 10.0 Å². The van der Waals surface area contributed by atoms with Crippen LogP contribution in [-0.4, -0.2) is 34.3 Å². The van der Waals surface area contributed by atoms with E-state index in [1.54, 1.807) is 0 Å². The molecule has 0 spiro atoms. The first-order valence-electron chi connectivity index (χ1n) is 4.62. The second kappa shape index (κ2) is 4.39. The average molecular weight is 206 g/mol. The van der Waals surface area contributed by atoms with Crippen LogP contribution in [-0.2, 0) is 10.0 Å². The highest BCUT2D eigenvalue weighted by Gasteiger charge is 2.18. The van der Waals surface area contributed by atoms with E-state index < -0.39 is 10.0 Å². The monoisotopic (exact) mass is 206 g/mol. The third kappa shape index (κ3) is 4.59. The van der Waals surface area contributed by atoms with E-state index in [0.29, 0.717) is 18.4 Å². The van der Waals surface area contributed by atoms with Crippen molar-refractivity contribution in [1.82, 2.24) is 10.0 Å². The van der Waals surface area contributed by atoms with Gasteiger partial charge in [-0.3, -0.25) is 0 Å². The molecule has 2 unspecified atom stereocenters. The molecule has 1 aliphatic rings. The number of sulfonamides is 1. The van der Waals surface area contributed by atoms with Gasteiger partial charge in [0.05, 0.1) is 6.26 Å². The maximum absolute atomic E-state index is 10.8. The van der Waals surface area contributed by atoms with Gasteiger partial charge in [-0.2, -0.15) is 0 Å². The van der Waals surface area contributed by atoms with Crippen LogP contribution in [0.5, 0.6) is 0 Å². The molecule has 0 aromatic carbocycles. The molecule has 0 amide bonds. The maximum Gasteiger partial charge on any atom is 0.208 e. The van der Waals surface area contributed by atoms with Gasteiger partial charge in [0.15, 0.2) is 0 Å². The largest absolute Gasteiger partial charge is 0.316 e. The van der Waals surface area contributed by atoms with Gasteiger partial charge in [0.2, 0.25) is 10.0 Å². The third-order valence-electron chi connectivity index (χ3n) is 2.30. The quantitative estimate of drug-likeness (QED) is 0.671. The van der Waals surface area contributed by atoms with E-state index >= 15 is 0 Å². The SMILES string of the molecule is CC1CNCC(CNS(C)(=O)=O)C1. The van der Waals surface area contributed by atoms with Gasteiger partial charge in [-0.05, 0) is 31.3 Å². The fraction of sp³-hybridized carbons (Fsp3) is 1.00. The Morgan fingerprint density at radius 2 is 2.15 bits per heavy atom. The summed E-state index contributed by atoms with van der Waals surface area (Å²) < 4.78 is 24.2. The van der Waals surface area contributed by atoms with Crippen molar-refractivity contribution in [3.63, 3.8) is 0 Å². The molecule has 1 rings (SSSR count). The molecule has 0 aromatic rings. The zero-order valence-electron chi connectivity index (χ0n) is 8.21. The van der Waals surface area contributed by atoms with E-state index in [1.807, 2.05) is 0 Å². The second-order valence-corrected chi connectivity index (χ2v) is 5.82. The maximum atomic E-state index is 10.8. The topological polar surface area (TPSA) is 58.2 Å².